The van der Waals surface area contributed by atoms with Crippen molar-refractivity contribution in [2.45, 2.75) is 53.1 Å². The summed E-state index contributed by atoms with van der Waals surface area (Å²) in [5.74, 6) is 0.502. The van der Waals surface area contributed by atoms with Crippen molar-refractivity contribution in [3.05, 3.63) is 0 Å². The highest BCUT2D eigenvalue weighted by Crippen LogP contribution is 2.40. The van der Waals surface area contributed by atoms with Crippen LogP contribution in [0.4, 0.5) is 0 Å². The third-order valence-corrected chi connectivity index (χ3v) is 3.39. The Morgan fingerprint density at radius 1 is 1.46 bits per heavy atom. The lowest BCUT2D eigenvalue weighted by Gasteiger charge is -2.39. The first kappa shape index (κ1) is 10.6. The molecular formula is C11H20O2. The number of carbonyl (C=O) groups excluding carboxylic acids is 1. The summed E-state index contributed by atoms with van der Waals surface area (Å²) in [6.45, 7) is 8.32. The lowest BCUT2D eigenvalue weighted by Crippen LogP contribution is -2.34. The van der Waals surface area contributed by atoms with Gasteiger partial charge in [-0.25, -0.2) is 0 Å². The summed E-state index contributed by atoms with van der Waals surface area (Å²) >= 11 is 0. The van der Waals surface area contributed by atoms with E-state index in [1.54, 1.807) is 0 Å². The van der Waals surface area contributed by atoms with Gasteiger partial charge in [0.15, 0.2) is 0 Å². The minimum absolute atomic E-state index is 0.142. The molecule has 1 fully saturated rings. The quantitative estimate of drug-likeness (QED) is 0.586. The molecule has 1 rings (SSSR count). The van der Waals surface area contributed by atoms with Gasteiger partial charge in [-0.3, -0.25) is 4.79 Å². The van der Waals surface area contributed by atoms with Crippen molar-refractivity contribution < 1.29 is 9.53 Å². The molecule has 76 valence electrons. The van der Waals surface area contributed by atoms with Crippen LogP contribution < -0.4 is 0 Å². The summed E-state index contributed by atoms with van der Waals surface area (Å²) in [7, 11) is 0. The number of hydrogen-bond acceptors (Lipinski definition) is 2. The molecule has 0 aromatic carbocycles. The second kappa shape index (κ2) is 3.69. The monoisotopic (exact) mass is 184 g/mol. The largest absolute Gasteiger partial charge is 0.463 e. The fraction of sp³-hybridized carbons (Fsp3) is 0.909. The van der Waals surface area contributed by atoms with Gasteiger partial charge in [-0.05, 0) is 30.6 Å². The number of ether oxygens (including phenoxy) is 1. The van der Waals surface area contributed by atoms with Crippen LogP contribution in [0.1, 0.15) is 47.0 Å². The first-order chi connectivity index (χ1) is 5.92. The molecule has 0 N–H and O–H groups in total. The number of esters is 1. The van der Waals surface area contributed by atoms with Crippen LogP contribution >= 0.6 is 0 Å². The molecule has 0 amide bonds. The van der Waals surface area contributed by atoms with E-state index in [-0.39, 0.29) is 12.1 Å². The van der Waals surface area contributed by atoms with Crippen LogP contribution in [0.3, 0.4) is 0 Å². The molecule has 1 unspecified atom stereocenters. The zero-order valence-electron chi connectivity index (χ0n) is 9.09. The Morgan fingerprint density at radius 2 is 2.08 bits per heavy atom. The molecule has 2 atom stereocenters. The van der Waals surface area contributed by atoms with Gasteiger partial charge in [0.1, 0.15) is 6.10 Å². The highest BCUT2D eigenvalue weighted by Gasteiger charge is 2.34. The molecule has 0 aliphatic heterocycles. The smallest absolute Gasteiger partial charge is 0.302 e. The van der Waals surface area contributed by atoms with E-state index in [0.29, 0.717) is 11.3 Å². The van der Waals surface area contributed by atoms with Crippen molar-refractivity contribution in [1.82, 2.24) is 0 Å². The molecule has 0 saturated heterocycles. The molecule has 1 aliphatic carbocycles. The van der Waals surface area contributed by atoms with Crippen LogP contribution in [0.2, 0.25) is 0 Å². The van der Waals surface area contributed by atoms with E-state index < -0.39 is 0 Å². The van der Waals surface area contributed by atoms with Crippen LogP contribution in [0.15, 0.2) is 0 Å². The molecule has 0 aromatic heterocycles. The Bertz CT molecular complexity index is 196. The van der Waals surface area contributed by atoms with Gasteiger partial charge in [-0.15, -0.1) is 0 Å². The van der Waals surface area contributed by atoms with Gasteiger partial charge in [0, 0.05) is 6.92 Å². The van der Waals surface area contributed by atoms with E-state index in [2.05, 4.69) is 20.8 Å². The molecule has 1 aliphatic rings. The molecule has 0 heterocycles. The van der Waals surface area contributed by atoms with E-state index in [4.69, 9.17) is 4.74 Å². The molecule has 2 heteroatoms. The summed E-state index contributed by atoms with van der Waals surface area (Å²) in [4.78, 5) is 10.8. The van der Waals surface area contributed by atoms with E-state index in [9.17, 15) is 4.79 Å². The van der Waals surface area contributed by atoms with Crippen LogP contribution in [0, 0.1) is 11.3 Å². The van der Waals surface area contributed by atoms with Crippen molar-refractivity contribution in [2.24, 2.45) is 11.3 Å². The van der Waals surface area contributed by atoms with Crippen LogP contribution in [0.25, 0.3) is 0 Å². The summed E-state index contributed by atoms with van der Waals surface area (Å²) in [6.07, 6.45) is 3.37. The molecule has 2 nitrogen and oxygen atoms in total. The van der Waals surface area contributed by atoms with Crippen LogP contribution in [-0.4, -0.2) is 12.1 Å². The Balaban J connectivity index is 2.46. The predicted molar refractivity (Wildman–Crippen MR) is 52.4 cm³/mol. The molecular weight excluding hydrogens is 164 g/mol. The van der Waals surface area contributed by atoms with Gasteiger partial charge < -0.3 is 4.74 Å². The molecule has 1 saturated carbocycles. The van der Waals surface area contributed by atoms with Gasteiger partial charge in [0.2, 0.25) is 0 Å². The highest BCUT2D eigenvalue weighted by molar-refractivity contribution is 5.66. The maximum atomic E-state index is 10.8. The van der Waals surface area contributed by atoms with Crippen molar-refractivity contribution in [2.75, 3.05) is 0 Å². The molecule has 0 bridgehead atoms. The maximum absolute atomic E-state index is 10.8. The first-order valence-corrected chi connectivity index (χ1v) is 5.09. The Hall–Kier alpha value is -0.530. The highest BCUT2D eigenvalue weighted by atomic mass is 16.5. The average molecular weight is 184 g/mol. The van der Waals surface area contributed by atoms with Crippen molar-refractivity contribution in [1.29, 1.82) is 0 Å². The second-order valence-corrected chi connectivity index (χ2v) is 4.90. The third-order valence-electron chi connectivity index (χ3n) is 3.39. The van der Waals surface area contributed by atoms with Crippen molar-refractivity contribution >= 4 is 5.97 Å². The molecule has 0 spiro atoms. The third kappa shape index (κ3) is 2.71. The van der Waals surface area contributed by atoms with Crippen LogP contribution in [-0.2, 0) is 9.53 Å². The Labute approximate surface area is 80.7 Å². The molecule has 0 radical (unpaired) electrons. The average Bonchev–Trinajstić information content (AvgIpc) is 1.97. The van der Waals surface area contributed by atoms with E-state index in [1.165, 1.54) is 6.92 Å². The van der Waals surface area contributed by atoms with E-state index >= 15 is 0 Å². The predicted octanol–water partition coefficient (Wildman–Crippen LogP) is 2.76. The lowest BCUT2D eigenvalue weighted by atomic mass is 9.69. The fourth-order valence-corrected chi connectivity index (χ4v) is 1.95. The second-order valence-electron chi connectivity index (χ2n) is 4.90. The lowest BCUT2D eigenvalue weighted by molar-refractivity contribution is -0.150. The first-order valence-electron chi connectivity index (χ1n) is 5.09. The van der Waals surface area contributed by atoms with Crippen LogP contribution in [0.5, 0.6) is 0 Å². The number of rotatable bonds is 1. The summed E-state index contributed by atoms with van der Waals surface area (Å²) in [5.41, 5.74) is 0.413. The van der Waals surface area contributed by atoms with E-state index in [1.807, 2.05) is 0 Å². The summed E-state index contributed by atoms with van der Waals surface area (Å²) in [5, 5.41) is 0. The van der Waals surface area contributed by atoms with Gasteiger partial charge in [0.05, 0.1) is 0 Å². The number of hydrogen-bond donors (Lipinski definition) is 0. The Morgan fingerprint density at radius 3 is 2.54 bits per heavy atom. The topological polar surface area (TPSA) is 26.3 Å². The van der Waals surface area contributed by atoms with Gasteiger partial charge in [-0.2, -0.15) is 0 Å². The SMILES string of the molecule is CC(=O)O[C@H]1CCC(C)(C)C(C)C1. The zero-order valence-corrected chi connectivity index (χ0v) is 9.09. The van der Waals surface area contributed by atoms with E-state index in [0.717, 1.165) is 19.3 Å². The summed E-state index contributed by atoms with van der Waals surface area (Å²) in [6, 6.07) is 0. The van der Waals surface area contributed by atoms with Gasteiger partial charge in [0.25, 0.3) is 0 Å². The van der Waals surface area contributed by atoms with Crippen molar-refractivity contribution in [3.63, 3.8) is 0 Å². The van der Waals surface area contributed by atoms with Crippen molar-refractivity contribution in [3.8, 4) is 0 Å². The normalized spacial score (nSPS) is 32.6. The van der Waals surface area contributed by atoms with Gasteiger partial charge >= 0.3 is 5.97 Å². The zero-order chi connectivity index (χ0) is 10.1. The number of carbonyl (C=O) groups is 1. The minimum Gasteiger partial charge on any atom is -0.463 e. The Kier molecular flexibility index (Phi) is 2.99. The molecule has 0 aromatic rings. The minimum atomic E-state index is -0.142. The maximum Gasteiger partial charge on any atom is 0.302 e. The standard InChI is InChI=1S/C11H20O2/c1-8-7-10(13-9(2)12)5-6-11(8,3)4/h8,10H,5-7H2,1-4H3/t8?,10-/m0/s1. The summed E-state index contributed by atoms with van der Waals surface area (Å²) < 4.78 is 5.22. The fourth-order valence-electron chi connectivity index (χ4n) is 1.95. The molecule has 13 heavy (non-hydrogen) atoms. The van der Waals surface area contributed by atoms with Gasteiger partial charge in [-0.1, -0.05) is 20.8 Å².